The number of benzene rings is 1. The molecule has 0 heterocycles. The Kier molecular flexibility index (Phi) is 3.62. The van der Waals surface area contributed by atoms with Crippen LogP contribution in [0, 0.1) is 0 Å². The Morgan fingerprint density at radius 2 is 1.73 bits per heavy atom. The average Bonchev–Trinajstić information content (AvgIpc) is 2.14. The molecule has 15 heavy (non-hydrogen) atoms. The average molecular weight is 230 g/mol. The van der Waals surface area contributed by atoms with Gasteiger partial charge < -0.3 is 10.0 Å². The van der Waals surface area contributed by atoms with Crippen LogP contribution in [0.1, 0.15) is 5.56 Å². The SMILES string of the molecule is O=S(=O)(F)/C=C/c1ccc(B(O)O)cc1. The van der Waals surface area contributed by atoms with Crippen LogP contribution in [-0.2, 0) is 10.2 Å². The molecule has 0 radical (unpaired) electrons. The number of rotatable bonds is 3. The highest BCUT2D eigenvalue weighted by atomic mass is 32.3. The minimum absolute atomic E-state index is 0.273. The number of halogens is 1. The molecule has 0 saturated heterocycles. The lowest BCUT2D eigenvalue weighted by Crippen LogP contribution is -2.29. The van der Waals surface area contributed by atoms with Crippen LogP contribution in [0.4, 0.5) is 3.89 Å². The highest BCUT2D eigenvalue weighted by molar-refractivity contribution is 7.89. The van der Waals surface area contributed by atoms with Crippen LogP contribution in [0.3, 0.4) is 0 Å². The third-order valence-corrected chi connectivity index (χ3v) is 2.12. The highest BCUT2D eigenvalue weighted by Crippen LogP contribution is 2.03. The molecule has 80 valence electrons. The maximum absolute atomic E-state index is 12.1. The smallest absolute Gasteiger partial charge is 0.423 e. The molecule has 0 aliphatic rings. The lowest BCUT2D eigenvalue weighted by Gasteiger charge is -1.98. The van der Waals surface area contributed by atoms with E-state index in [0.29, 0.717) is 11.0 Å². The van der Waals surface area contributed by atoms with Gasteiger partial charge in [0.15, 0.2) is 0 Å². The van der Waals surface area contributed by atoms with Crippen molar-refractivity contribution in [2.75, 3.05) is 0 Å². The second-order valence-corrected chi connectivity index (χ2v) is 4.04. The third-order valence-electron chi connectivity index (χ3n) is 1.66. The number of hydrogen-bond donors (Lipinski definition) is 2. The summed E-state index contributed by atoms with van der Waals surface area (Å²) in [6.45, 7) is 0. The van der Waals surface area contributed by atoms with E-state index in [1.165, 1.54) is 24.3 Å². The molecule has 0 bridgehead atoms. The molecule has 0 aromatic heterocycles. The summed E-state index contributed by atoms with van der Waals surface area (Å²) in [7, 11) is -6.20. The van der Waals surface area contributed by atoms with Crippen molar-refractivity contribution in [2.45, 2.75) is 0 Å². The zero-order valence-corrected chi connectivity index (χ0v) is 8.36. The fraction of sp³-hybridized carbons (Fsp3) is 0. The molecule has 1 aromatic carbocycles. The van der Waals surface area contributed by atoms with Gasteiger partial charge in [-0.25, -0.2) is 0 Å². The van der Waals surface area contributed by atoms with Gasteiger partial charge in [0.05, 0.1) is 5.41 Å². The first-order chi connectivity index (χ1) is 6.88. The Morgan fingerprint density at radius 1 is 1.20 bits per heavy atom. The molecule has 0 fully saturated rings. The van der Waals surface area contributed by atoms with Crippen LogP contribution in [0.15, 0.2) is 29.7 Å². The quantitative estimate of drug-likeness (QED) is 0.549. The second-order valence-electron chi connectivity index (χ2n) is 2.82. The fourth-order valence-electron chi connectivity index (χ4n) is 0.939. The summed E-state index contributed by atoms with van der Waals surface area (Å²) in [4.78, 5) is 0. The molecule has 0 atom stereocenters. The van der Waals surface area contributed by atoms with Gasteiger partial charge in [0, 0.05) is 0 Å². The summed E-state index contributed by atoms with van der Waals surface area (Å²) in [5.41, 5.74) is 0.718. The van der Waals surface area contributed by atoms with Crippen molar-refractivity contribution in [1.82, 2.24) is 0 Å². The van der Waals surface area contributed by atoms with Gasteiger partial charge in [0.2, 0.25) is 0 Å². The monoisotopic (exact) mass is 230 g/mol. The van der Waals surface area contributed by atoms with Crippen LogP contribution < -0.4 is 5.46 Å². The van der Waals surface area contributed by atoms with Crippen LogP contribution in [0.25, 0.3) is 6.08 Å². The summed E-state index contributed by atoms with van der Waals surface area (Å²) < 4.78 is 32.4. The maximum atomic E-state index is 12.1. The number of hydrogen-bond acceptors (Lipinski definition) is 4. The van der Waals surface area contributed by atoms with Gasteiger partial charge in [-0.2, -0.15) is 8.42 Å². The fourth-order valence-corrected chi connectivity index (χ4v) is 1.26. The van der Waals surface area contributed by atoms with E-state index in [2.05, 4.69) is 0 Å². The van der Waals surface area contributed by atoms with E-state index in [1.807, 2.05) is 0 Å². The highest BCUT2D eigenvalue weighted by Gasteiger charge is 2.09. The Hall–Kier alpha value is -1.18. The third kappa shape index (κ3) is 4.24. The Morgan fingerprint density at radius 3 is 2.13 bits per heavy atom. The summed E-state index contributed by atoms with van der Waals surface area (Å²) in [6.07, 6.45) is 1.07. The van der Waals surface area contributed by atoms with Crippen LogP contribution in [-0.4, -0.2) is 25.6 Å². The maximum Gasteiger partial charge on any atom is 0.488 e. The topological polar surface area (TPSA) is 74.6 Å². The molecular formula is C8H8BFO4S. The molecule has 0 aliphatic heterocycles. The summed E-state index contributed by atoms with van der Waals surface area (Å²) in [5, 5.41) is 17.9. The molecule has 0 saturated carbocycles. The Labute approximate surface area is 87.0 Å². The van der Waals surface area contributed by atoms with Crippen LogP contribution in [0.5, 0.6) is 0 Å². The van der Waals surface area contributed by atoms with Gasteiger partial charge in [-0.3, -0.25) is 0 Å². The lowest BCUT2D eigenvalue weighted by atomic mass is 9.80. The largest absolute Gasteiger partial charge is 0.488 e. The Bertz CT molecular complexity index is 452. The van der Waals surface area contributed by atoms with Crippen molar-refractivity contribution < 1.29 is 22.4 Å². The molecule has 4 nitrogen and oxygen atoms in total. The molecule has 0 spiro atoms. The van der Waals surface area contributed by atoms with Crippen molar-refractivity contribution in [1.29, 1.82) is 0 Å². The van der Waals surface area contributed by atoms with Gasteiger partial charge in [0.1, 0.15) is 0 Å². The first kappa shape index (κ1) is 11.9. The molecular weight excluding hydrogens is 222 g/mol. The van der Waals surface area contributed by atoms with Crippen molar-refractivity contribution in [3.63, 3.8) is 0 Å². The molecule has 0 aliphatic carbocycles. The summed E-state index contributed by atoms with van der Waals surface area (Å²) in [6, 6.07) is 5.68. The van der Waals surface area contributed by atoms with Gasteiger partial charge >= 0.3 is 17.3 Å². The molecule has 2 N–H and O–H groups in total. The standard InChI is InChI=1S/C8H8BFO4S/c10-15(13,14)6-5-7-1-3-8(4-2-7)9(11)12/h1-6,11-12H/b6-5+. The Balaban J connectivity index is 2.86. The molecule has 1 rings (SSSR count). The van der Waals surface area contributed by atoms with Crippen LogP contribution in [0.2, 0.25) is 0 Å². The van der Waals surface area contributed by atoms with E-state index in [0.717, 1.165) is 6.08 Å². The minimum atomic E-state index is -4.63. The lowest BCUT2D eigenvalue weighted by molar-refractivity contribution is 0.426. The van der Waals surface area contributed by atoms with E-state index in [-0.39, 0.29) is 5.46 Å². The first-order valence-corrected chi connectivity index (χ1v) is 5.42. The minimum Gasteiger partial charge on any atom is -0.423 e. The van der Waals surface area contributed by atoms with Crippen molar-refractivity contribution in [2.24, 2.45) is 0 Å². The van der Waals surface area contributed by atoms with E-state index < -0.39 is 17.3 Å². The predicted molar refractivity (Wildman–Crippen MR) is 55.3 cm³/mol. The van der Waals surface area contributed by atoms with Gasteiger partial charge in [-0.1, -0.05) is 24.3 Å². The first-order valence-electron chi connectivity index (χ1n) is 3.97. The van der Waals surface area contributed by atoms with E-state index in [9.17, 15) is 12.3 Å². The van der Waals surface area contributed by atoms with Crippen molar-refractivity contribution in [3.8, 4) is 0 Å². The molecule has 0 unspecified atom stereocenters. The molecule has 0 amide bonds. The van der Waals surface area contributed by atoms with E-state index >= 15 is 0 Å². The van der Waals surface area contributed by atoms with Crippen LogP contribution >= 0.6 is 0 Å². The summed E-state index contributed by atoms with van der Waals surface area (Å²) in [5.74, 6) is 0. The van der Waals surface area contributed by atoms with Gasteiger partial charge in [-0.05, 0) is 17.1 Å². The van der Waals surface area contributed by atoms with Gasteiger partial charge in [-0.15, -0.1) is 3.89 Å². The van der Waals surface area contributed by atoms with Crippen molar-refractivity contribution >= 4 is 28.9 Å². The molecule has 7 heteroatoms. The molecule has 1 aromatic rings. The van der Waals surface area contributed by atoms with Crippen molar-refractivity contribution in [3.05, 3.63) is 35.2 Å². The second kappa shape index (κ2) is 4.56. The zero-order valence-electron chi connectivity index (χ0n) is 7.54. The predicted octanol–water partition coefficient (Wildman–Crippen LogP) is -0.364. The van der Waals surface area contributed by atoms with Gasteiger partial charge in [0.25, 0.3) is 0 Å². The normalized spacial score (nSPS) is 11.9. The van der Waals surface area contributed by atoms with E-state index in [1.54, 1.807) is 0 Å². The zero-order chi connectivity index (χ0) is 11.5. The van der Waals surface area contributed by atoms with E-state index in [4.69, 9.17) is 10.0 Å². The summed E-state index contributed by atoms with van der Waals surface area (Å²) >= 11 is 0.